The Morgan fingerprint density at radius 3 is 2.44 bits per heavy atom. The average molecular weight is 379 g/mol. The lowest BCUT2D eigenvalue weighted by Crippen LogP contribution is -2.50. The summed E-state index contributed by atoms with van der Waals surface area (Å²) >= 11 is 0. The predicted octanol–water partition coefficient (Wildman–Crippen LogP) is 2.56. The molecule has 1 saturated carbocycles. The van der Waals surface area contributed by atoms with Crippen LogP contribution in [-0.4, -0.2) is 57.1 Å². The van der Waals surface area contributed by atoms with Crippen molar-refractivity contribution in [3.8, 4) is 0 Å². The van der Waals surface area contributed by atoms with Crippen LogP contribution < -0.4 is 5.73 Å². The monoisotopic (exact) mass is 378 g/mol. The highest BCUT2D eigenvalue weighted by molar-refractivity contribution is 5.81. The molecule has 6 nitrogen and oxygen atoms in total. The molecule has 1 amide bonds. The largest absolute Gasteiger partial charge is 0.375 e. The Bertz CT molecular complexity index is 530. The minimum Gasteiger partial charge on any atom is -0.375 e. The number of carbonyl (C=O) groups excluding carboxylic acids is 1. The van der Waals surface area contributed by atoms with Gasteiger partial charge in [-0.05, 0) is 24.3 Å². The van der Waals surface area contributed by atoms with Crippen LogP contribution >= 0.6 is 0 Å². The molecular formula is C21H34N2O4. The molecule has 152 valence electrons. The molecule has 0 heterocycles. The molecule has 1 aliphatic carbocycles. The third kappa shape index (κ3) is 7.58. The van der Waals surface area contributed by atoms with Gasteiger partial charge in [-0.3, -0.25) is 4.79 Å². The summed E-state index contributed by atoms with van der Waals surface area (Å²) in [5.74, 6) is 0.419. The first-order valence-corrected chi connectivity index (χ1v) is 9.85. The minimum atomic E-state index is -0.688. The van der Waals surface area contributed by atoms with E-state index in [-0.39, 0.29) is 12.5 Å². The molecule has 1 atom stereocenters. The summed E-state index contributed by atoms with van der Waals surface area (Å²) in [6.07, 6.45) is 5.63. The quantitative estimate of drug-likeness (QED) is 0.599. The van der Waals surface area contributed by atoms with Crippen molar-refractivity contribution in [3.05, 3.63) is 35.9 Å². The van der Waals surface area contributed by atoms with Gasteiger partial charge in [0.1, 0.15) is 6.04 Å². The Morgan fingerprint density at radius 2 is 1.81 bits per heavy atom. The molecule has 6 heteroatoms. The smallest absolute Gasteiger partial charge is 0.242 e. The summed E-state index contributed by atoms with van der Waals surface area (Å²) in [4.78, 5) is 14.7. The molecule has 27 heavy (non-hydrogen) atoms. The molecule has 2 N–H and O–H groups in total. The lowest BCUT2D eigenvalue weighted by molar-refractivity contribution is -0.149. The lowest BCUT2D eigenvalue weighted by Gasteiger charge is -2.33. The molecule has 1 aliphatic rings. The van der Waals surface area contributed by atoms with Gasteiger partial charge in [-0.25, -0.2) is 0 Å². The summed E-state index contributed by atoms with van der Waals surface area (Å²) < 4.78 is 16.3. The van der Waals surface area contributed by atoms with Gasteiger partial charge in [-0.1, -0.05) is 49.6 Å². The molecule has 1 aromatic carbocycles. The Hall–Kier alpha value is -1.47. The standard InChI is InChI=1S/C21H34N2O4/c1-25-20(26-2)14-23(13-17-9-5-3-6-10-17)21(24)19(22)16-27-15-18-11-7-4-8-12-18/h4,7-8,11-12,17,19-20H,3,5-6,9-10,13-16,22H2,1-2H3/t19-/m0/s1. The van der Waals surface area contributed by atoms with Gasteiger partial charge in [0.05, 0.1) is 19.8 Å². The molecule has 0 radical (unpaired) electrons. The molecule has 0 bridgehead atoms. The van der Waals surface area contributed by atoms with E-state index in [4.69, 9.17) is 19.9 Å². The van der Waals surface area contributed by atoms with E-state index in [2.05, 4.69) is 0 Å². The van der Waals surface area contributed by atoms with Crippen molar-refractivity contribution in [2.45, 2.75) is 51.0 Å². The van der Waals surface area contributed by atoms with E-state index in [0.29, 0.717) is 25.6 Å². The second kappa shape index (κ2) is 12.1. The van der Waals surface area contributed by atoms with Crippen molar-refractivity contribution in [3.63, 3.8) is 0 Å². The van der Waals surface area contributed by atoms with Crippen LogP contribution in [0.15, 0.2) is 30.3 Å². The Kier molecular flexibility index (Phi) is 9.77. The number of methoxy groups -OCH3 is 2. The Morgan fingerprint density at radius 1 is 1.15 bits per heavy atom. The van der Waals surface area contributed by atoms with Crippen LogP contribution in [0.1, 0.15) is 37.7 Å². The number of benzene rings is 1. The summed E-state index contributed by atoms with van der Waals surface area (Å²) in [6.45, 7) is 1.73. The second-order valence-corrected chi connectivity index (χ2v) is 7.26. The van der Waals surface area contributed by atoms with Crippen LogP contribution in [0.5, 0.6) is 0 Å². The van der Waals surface area contributed by atoms with Crippen molar-refractivity contribution in [1.29, 1.82) is 0 Å². The van der Waals surface area contributed by atoms with E-state index in [1.807, 2.05) is 30.3 Å². The number of nitrogens with two attached hydrogens (primary N) is 1. The number of hydrogen-bond donors (Lipinski definition) is 1. The predicted molar refractivity (Wildman–Crippen MR) is 105 cm³/mol. The number of hydrogen-bond acceptors (Lipinski definition) is 5. The van der Waals surface area contributed by atoms with Gasteiger partial charge in [-0.15, -0.1) is 0 Å². The molecule has 2 rings (SSSR count). The fraction of sp³-hybridized carbons (Fsp3) is 0.667. The minimum absolute atomic E-state index is 0.104. The van der Waals surface area contributed by atoms with Crippen LogP contribution in [0.25, 0.3) is 0 Å². The van der Waals surface area contributed by atoms with E-state index in [1.165, 1.54) is 19.3 Å². The zero-order valence-electron chi connectivity index (χ0n) is 16.6. The molecule has 0 saturated heterocycles. The molecule has 1 fully saturated rings. The number of amides is 1. The molecular weight excluding hydrogens is 344 g/mol. The van der Waals surface area contributed by atoms with E-state index in [9.17, 15) is 4.79 Å². The topological polar surface area (TPSA) is 74.0 Å². The van der Waals surface area contributed by atoms with Gasteiger partial charge < -0.3 is 24.8 Å². The zero-order chi connectivity index (χ0) is 19.5. The first kappa shape index (κ1) is 21.8. The van der Waals surface area contributed by atoms with E-state index in [1.54, 1.807) is 19.1 Å². The number of rotatable bonds is 11. The summed E-state index contributed by atoms with van der Waals surface area (Å²) in [5.41, 5.74) is 7.21. The van der Waals surface area contributed by atoms with E-state index < -0.39 is 12.3 Å². The van der Waals surface area contributed by atoms with Crippen molar-refractivity contribution in [2.75, 3.05) is 33.9 Å². The van der Waals surface area contributed by atoms with Gasteiger partial charge in [0.25, 0.3) is 0 Å². The van der Waals surface area contributed by atoms with Crippen LogP contribution in [0.4, 0.5) is 0 Å². The van der Waals surface area contributed by atoms with E-state index >= 15 is 0 Å². The lowest BCUT2D eigenvalue weighted by atomic mass is 9.89. The van der Waals surface area contributed by atoms with Crippen LogP contribution in [0.2, 0.25) is 0 Å². The van der Waals surface area contributed by atoms with Gasteiger partial charge >= 0.3 is 0 Å². The molecule has 0 aliphatic heterocycles. The highest BCUT2D eigenvalue weighted by Crippen LogP contribution is 2.24. The molecule has 0 spiro atoms. The normalized spacial score (nSPS) is 16.4. The maximum Gasteiger partial charge on any atom is 0.242 e. The summed E-state index contributed by atoms with van der Waals surface area (Å²) in [6, 6.07) is 9.18. The van der Waals surface area contributed by atoms with Crippen LogP contribution in [-0.2, 0) is 25.6 Å². The van der Waals surface area contributed by atoms with Crippen molar-refractivity contribution >= 4 is 5.91 Å². The average Bonchev–Trinajstić information content (AvgIpc) is 2.72. The van der Waals surface area contributed by atoms with Crippen molar-refractivity contribution in [2.24, 2.45) is 11.7 Å². The fourth-order valence-electron chi connectivity index (χ4n) is 3.54. The number of ether oxygens (including phenoxy) is 3. The third-order valence-corrected chi connectivity index (χ3v) is 5.14. The number of nitrogens with zero attached hydrogens (tertiary/aromatic N) is 1. The first-order valence-electron chi connectivity index (χ1n) is 9.85. The Balaban J connectivity index is 1.89. The first-order chi connectivity index (χ1) is 13.1. The number of carbonyl (C=O) groups is 1. The Labute approximate surface area is 163 Å². The maximum absolute atomic E-state index is 12.9. The molecule has 0 unspecified atom stereocenters. The van der Waals surface area contributed by atoms with Gasteiger partial charge in [-0.2, -0.15) is 0 Å². The van der Waals surface area contributed by atoms with Gasteiger partial charge in [0.2, 0.25) is 5.91 Å². The van der Waals surface area contributed by atoms with Crippen molar-refractivity contribution in [1.82, 2.24) is 4.90 Å². The van der Waals surface area contributed by atoms with E-state index in [0.717, 1.165) is 18.4 Å². The maximum atomic E-state index is 12.9. The van der Waals surface area contributed by atoms with Crippen molar-refractivity contribution < 1.29 is 19.0 Å². The summed E-state index contributed by atoms with van der Waals surface area (Å²) in [7, 11) is 3.17. The SMILES string of the molecule is COC(CN(CC1CCCCC1)C(=O)[C@@H](N)COCc1ccccc1)OC. The fourth-order valence-corrected chi connectivity index (χ4v) is 3.54. The third-order valence-electron chi connectivity index (χ3n) is 5.14. The molecule has 1 aromatic rings. The molecule has 0 aromatic heterocycles. The highest BCUT2D eigenvalue weighted by Gasteiger charge is 2.27. The second-order valence-electron chi connectivity index (χ2n) is 7.26. The zero-order valence-corrected chi connectivity index (χ0v) is 16.6. The van der Waals surface area contributed by atoms with Crippen LogP contribution in [0, 0.1) is 5.92 Å². The van der Waals surface area contributed by atoms with Crippen LogP contribution in [0.3, 0.4) is 0 Å². The van der Waals surface area contributed by atoms with Gasteiger partial charge in [0, 0.05) is 20.8 Å². The highest BCUT2D eigenvalue weighted by atomic mass is 16.7. The van der Waals surface area contributed by atoms with Gasteiger partial charge in [0.15, 0.2) is 6.29 Å². The summed E-state index contributed by atoms with van der Waals surface area (Å²) in [5, 5.41) is 0.